The van der Waals surface area contributed by atoms with Crippen molar-refractivity contribution in [1.29, 1.82) is 0 Å². The van der Waals surface area contributed by atoms with Crippen LogP contribution in [-0.2, 0) is 20.8 Å². The molecule has 0 aliphatic heterocycles. The number of nitrogens with zero attached hydrogens (tertiary/aromatic N) is 2. The van der Waals surface area contributed by atoms with E-state index in [2.05, 4.69) is 10.1 Å². The van der Waals surface area contributed by atoms with Gasteiger partial charge in [-0.3, -0.25) is 4.21 Å². The number of hydrogen-bond acceptors (Lipinski definition) is 10. The summed E-state index contributed by atoms with van der Waals surface area (Å²) in [5.41, 5.74) is 21.1. The second-order valence-electron chi connectivity index (χ2n) is 6.68. The molecule has 0 bridgehead atoms. The van der Waals surface area contributed by atoms with E-state index >= 15 is 0 Å². The van der Waals surface area contributed by atoms with E-state index in [1.807, 2.05) is 11.6 Å². The van der Waals surface area contributed by atoms with Crippen molar-refractivity contribution >= 4 is 53.3 Å². The standard InChI is InChI=1S/C17H22N8O3S3/c1-8(18)7-30(26)12-6-5-9(10-3-2-4-11-14(10)23-17(20)29-11)13(16(19)24-25-21)15(12)31(22,27)28/h2-6,8,25H,7,18,21H2,1H3,(H2,19,24)(H2,20,23)(H2,22,27,28)/t8-,30?/m1/s1. The van der Waals surface area contributed by atoms with E-state index in [1.165, 1.54) is 17.4 Å². The van der Waals surface area contributed by atoms with Gasteiger partial charge in [-0.1, -0.05) is 29.5 Å². The number of anilines is 1. The number of aromatic nitrogens is 1. The van der Waals surface area contributed by atoms with Crippen LogP contribution in [0.25, 0.3) is 21.3 Å². The van der Waals surface area contributed by atoms with Crippen molar-refractivity contribution in [2.45, 2.75) is 22.8 Å². The van der Waals surface area contributed by atoms with Crippen LogP contribution >= 0.6 is 11.3 Å². The van der Waals surface area contributed by atoms with Crippen molar-refractivity contribution < 1.29 is 12.6 Å². The van der Waals surface area contributed by atoms with Gasteiger partial charge in [0.05, 0.1) is 25.9 Å². The first-order chi connectivity index (χ1) is 14.5. The van der Waals surface area contributed by atoms with Gasteiger partial charge in [0.25, 0.3) is 0 Å². The van der Waals surface area contributed by atoms with Crippen molar-refractivity contribution in [3.63, 3.8) is 0 Å². The number of nitrogen functional groups attached to an aromatic ring is 1. The number of sulfonamides is 1. The van der Waals surface area contributed by atoms with Gasteiger partial charge in [-0.05, 0) is 24.6 Å². The average Bonchev–Trinajstić information content (AvgIpc) is 3.06. The van der Waals surface area contributed by atoms with Crippen LogP contribution in [0, 0.1) is 0 Å². The van der Waals surface area contributed by atoms with Gasteiger partial charge < -0.3 is 17.2 Å². The number of amidine groups is 1. The molecule has 1 aromatic heterocycles. The van der Waals surface area contributed by atoms with Crippen LogP contribution in [-0.4, -0.2) is 35.2 Å². The Morgan fingerprint density at radius 3 is 2.61 bits per heavy atom. The van der Waals surface area contributed by atoms with E-state index in [4.69, 9.17) is 28.2 Å². The highest BCUT2D eigenvalue weighted by Crippen LogP contribution is 2.37. The lowest BCUT2D eigenvalue weighted by molar-refractivity contribution is 0.594. The Hall–Kier alpha value is -2.62. The van der Waals surface area contributed by atoms with E-state index < -0.39 is 31.8 Å². The van der Waals surface area contributed by atoms with E-state index in [9.17, 15) is 12.6 Å². The molecular formula is C17H22N8O3S3. The van der Waals surface area contributed by atoms with Gasteiger partial charge in [0.2, 0.25) is 10.0 Å². The first-order valence-electron chi connectivity index (χ1n) is 8.82. The lowest BCUT2D eigenvalue weighted by Crippen LogP contribution is -2.29. The topological polar surface area (TPSA) is 219 Å². The SMILES string of the molecule is C[C@@H](N)CS(=O)c1ccc(-c2cccc3sc(N)nc23)c(/C(N)=N/NN)c1S(N)(=O)=O. The fourth-order valence-corrected chi connectivity index (χ4v) is 6.56. The number of fused-ring (bicyclic) bond motifs is 1. The fourth-order valence-electron chi connectivity index (χ4n) is 3.14. The summed E-state index contributed by atoms with van der Waals surface area (Å²) >= 11 is 1.28. The number of hydrazone groups is 1. The molecule has 0 saturated heterocycles. The molecule has 166 valence electrons. The Kier molecular flexibility index (Phi) is 6.59. The number of para-hydroxylation sites is 1. The van der Waals surface area contributed by atoms with Crippen LogP contribution in [0.15, 0.2) is 45.2 Å². The molecule has 0 saturated carbocycles. The third-order valence-electron chi connectivity index (χ3n) is 4.23. The van der Waals surface area contributed by atoms with Crippen molar-refractivity contribution in [1.82, 2.24) is 10.5 Å². The number of hydrogen-bond donors (Lipinski definition) is 6. The molecule has 0 aliphatic carbocycles. The summed E-state index contributed by atoms with van der Waals surface area (Å²) in [6.07, 6.45) is 0. The smallest absolute Gasteiger partial charge is 0.240 e. The number of benzene rings is 2. The highest BCUT2D eigenvalue weighted by molar-refractivity contribution is 7.91. The third-order valence-corrected chi connectivity index (χ3v) is 7.86. The minimum absolute atomic E-state index is 0.0195. The molecule has 0 spiro atoms. The maximum atomic E-state index is 12.9. The first-order valence-corrected chi connectivity index (χ1v) is 12.5. The molecule has 2 aromatic carbocycles. The maximum Gasteiger partial charge on any atom is 0.240 e. The maximum absolute atomic E-state index is 12.9. The predicted molar refractivity (Wildman–Crippen MR) is 124 cm³/mol. The number of rotatable bonds is 7. The lowest BCUT2D eigenvalue weighted by atomic mass is 9.98. The number of hydrazine groups is 1. The van der Waals surface area contributed by atoms with Crippen molar-refractivity contribution in [2.75, 3.05) is 11.5 Å². The molecule has 11 N–H and O–H groups in total. The molecule has 3 aromatic rings. The molecule has 31 heavy (non-hydrogen) atoms. The zero-order valence-electron chi connectivity index (χ0n) is 16.4. The largest absolute Gasteiger partial charge is 0.382 e. The first kappa shape index (κ1) is 23.1. The molecule has 0 amide bonds. The Balaban J connectivity index is 2.45. The van der Waals surface area contributed by atoms with Gasteiger partial charge in [0.15, 0.2) is 11.0 Å². The summed E-state index contributed by atoms with van der Waals surface area (Å²) < 4.78 is 39.0. The van der Waals surface area contributed by atoms with Gasteiger partial charge >= 0.3 is 0 Å². The number of primary sulfonamides is 1. The van der Waals surface area contributed by atoms with Crippen molar-refractivity contribution in [3.8, 4) is 11.1 Å². The molecule has 11 nitrogen and oxygen atoms in total. The number of thiazole rings is 1. The molecule has 0 fully saturated rings. The lowest BCUT2D eigenvalue weighted by Gasteiger charge is -2.18. The number of nitrogens with one attached hydrogen (secondary N) is 1. The molecule has 1 heterocycles. The summed E-state index contributed by atoms with van der Waals surface area (Å²) in [7, 11) is -6.16. The van der Waals surface area contributed by atoms with Crippen molar-refractivity contribution in [3.05, 3.63) is 35.9 Å². The van der Waals surface area contributed by atoms with E-state index in [0.717, 1.165) is 4.70 Å². The Morgan fingerprint density at radius 2 is 2.00 bits per heavy atom. The minimum atomic E-state index is -4.39. The van der Waals surface area contributed by atoms with Gasteiger partial charge in [0, 0.05) is 22.9 Å². The molecule has 2 atom stereocenters. The molecule has 14 heteroatoms. The van der Waals surface area contributed by atoms with E-state index in [-0.39, 0.29) is 22.0 Å². The molecular weight excluding hydrogens is 460 g/mol. The van der Waals surface area contributed by atoms with E-state index in [1.54, 1.807) is 25.1 Å². The van der Waals surface area contributed by atoms with Crippen molar-refractivity contribution in [2.24, 2.45) is 27.6 Å². The van der Waals surface area contributed by atoms with Gasteiger partial charge in [0.1, 0.15) is 4.90 Å². The summed E-state index contributed by atoms with van der Waals surface area (Å²) in [5.74, 6) is 5.03. The Labute approximate surface area is 185 Å². The van der Waals surface area contributed by atoms with Crippen LogP contribution in [0.3, 0.4) is 0 Å². The summed E-state index contributed by atoms with van der Waals surface area (Å²) in [6.45, 7) is 1.66. The van der Waals surface area contributed by atoms with Gasteiger partial charge in [-0.2, -0.15) is 0 Å². The molecule has 1 unspecified atom stereocenters. The summed E-state index contributed by atoms with van der Waals surface area (Å²) in [5, 5.41) is 9.62. The van der Waals surface area contributed by atoms with Crippen LogP contribution in [0.2, 0.25) is 0 Å². The molecule has 0 aliphatic rings. The molecule has 3 rings (SSSR count). The zero-order chi connectivity index (χ0) is 22.9. The second kappa shape index (κ2) is 8.86. The third kappa shape index (κ3) is 4.68. The number of nitrogens with two attached hydrogens (primary N) is 5. The Bertz CT molecular complexity index is 1300. The van der Waals surface area contributed by atoms with Crippen LogP contribution < -0.4 is 33.7 Å². The second-order valence-corrected chi connectivity index (χ2v) is 10.7. The monoisotopic (exact) mass is 482 g/mol. The van der Waals surface area contributed by atoms with Gasteiger partial charge in [-0.15, -0.1) is 5.10 Å². The quantitative estimate of drug-likeness (QED) is 0.113. The Morgan fingerprint density at radius 1 is 1.29 bits per heavy atom. The summed E-state index contributed by atoms with van der Waals surface area (Å²) in [6, 6.07) is 7.90. The summed E-state index contributed by atoms with van der Waals surface area (Å²) in [4.78, 5) is 3.90. The van der Waals surface area contributed by atoms with Gasteiger partial charge in [-0.25, -0.2) is 29.9 Å². The highest BCUT2D eigenvalue weighted by atomic mass is 32.2. The zero-order valence-corrected chi connectivity index (χ0v) is 18.9. The van der Waals surface area contributed by atoms with Crippen LogP contribution in [0.5, 0.6) is 0 Å². The predicted octanol–water partition coefficient (Wildman–Crippen LogP) is -0.269. The minimum Gasteiger partial charge on any atom is -0.382 e. The normalized spacial score (nSPS) is 14.5. The molecule has 0 radical (unpaired) electrons. The van der Waals surface area contributed by atoms with E-state index in [0.29, 0.717) is 21.8 Å². The highest BCUT2D eigenvalue weighted by Gasteiger charge is 2.29. The van der Waals surface area contributed by atoms with Crippen LogP contribution in [0.1, 0.15) is 12.5 Å². The fraction of sp³-hybridized carbons (Fsp3) is 0.176. The average molecular weight is 483 g/mol. The van der Waals surface area contributed by atoms with Crippen LogP contribution in [0.4, 0.5) is 5.13 Å².